The average molecular weight is 479 g/mol. The Kier molecular flexibility index (Phi) is 6.58. The van der Waals surface area contributed by atoms with Crippen molar-refractivity contribution in [1.29, 1.82) is 0 Å². The molecule has 0 radical (unpaired) electrons. The Morgan fingerprint density at radius 2 is 1.77 bits per heavy atom. The SMILES string of the molecule is COc1ccc([N+](=O)[O-])c(NC(=O)COC(=O)c2cccc(N3C(=O)[C@H]4CC=CC[C@H]4C3=O)c2)c1. The van der Waals surface area contributed by atoms with Crippen molar-refractivity contribution in [3.63, 3.8) is 0 Å². The molecule has 11 heteroatoms. The van der Waals surface area contributed by atoms with E-state index in [1.54, 1.807) is 6.07 Å². The van der Waals surface area contributed by atoms with Crippen molar-refractivity contribution < 1.29 is 33.6 Å². The Hall–Kier alpha value is -4.54. The van der Waals surface area contributed by atoms with Crippen LogP contribution in [0.2, 0.25) is 0 Å². The van der Waals surface area contributed by atoms with Crippen molar-refractivity contribution in [3.8, 4) is 5.75 Å². The van der Waals surface area contributed by atoms with Crippen LogP contribution in [-0.2, 0) is 19.1 Å². The molecule has 0 saturated carbocycles. The van der Waals surface area contributed by atoms with E-state index < -0.39 is 35.2 Å². The number of nitro groups is 1. The van der Waals surface area contributed by atoms with E-state index in [4.69, 9.17) is 9.47 Å². The lowest BCUT2D eigenvalue weighted by Gasteiger charge is -2.15. The van der Waals surface area contributed by atoms with E-state index in [2.05, 4.69) is 5.32 Å². The Balaban J connectivity index is 1.42. The molecule has 0 aromatic heterocycles. The van der Waals surface area contributed by atoms with Crippen molar-refractivity contribution in [2.45, 2.75) is 12.8 Å². The second kappa shape index (κ2) is 9.75. The van der Waals surface area contributed by atoms with Crippen LogP contribution in [-0.4, -0.2) is 42.3 Å². The van der Waals surface area contributed by atoms with Gasteiger partial charge in [0.2, 0.25) is 11.8 Å². The molecule has 1 N–H and O–H groups in total. The summed E-state index contributed by atoms with van der Waals surface area (Å²) in [6.07, 6.45) is 4.76. The van der Waals surface area contributed by atoms with E-state index in [1.807, 2.05) is 12.2 Å². The van der Waals surface area contributed by atoms with Crippen molar-refractivity contribution in [1.82, 2.24) is 0 Å². The molecule has 1 heterocycles. The van der Waals surface area contributed by atoms with Crippen LogP contribution in [0.1, 0.15) is 23.2 Å². The standard InChI is InChI=1S/C24H21N3O8/c1-34-16-9-10-20(27(32)33)19(12-16)25-21(28)13-35-24(31)14-5-4-6-15(11-14)26-22(29)17-7-2-3-8-18(17)23(26)30/h2-6,9-12,17-18H,7-8,13H2,1H3,(H,25,28)/t17-,18+. The summed E-state index contributed by atoms with van der Waals surface area (Å²) in [5, 5.41) is 13.5. The first-order valence-corrected chi connectivity index (χ1v) is 10.7. The monoisotopic (exact) mass is 479 g/mol. The molecule has 1 aliphatic carbocycles. The minimum atomic E-state index is -0.861. The van der Waals surface area contributed by atoms with Crippen molar-refractivity contribution in [2.75, 3.05) is 23.9 Å². The molecule has 2 aromatic carbocycles. The molecule has 0 unspecified atom stereocenters. The van der Waals surface area contributed by atoms with E-state index in [0.29, 0.717) is 18.6 Å². The Morgan fingerprint density at radius 3 is 2.40 bits per heavy atom. The molecular formula is C24H21N3O8. The second-order valence-electron chi connectivity index (χ2n) is 7.98. The van der Waals surface area contributed by atoms with Crippen molar-refractivity contribution in [3.05, 3.63) is 70.3 Å². The number of hydrogen-bond donors (Lipinski definition) is 1. The first-order chi connectivity index (χ1) is 16.8. The normalized spacial score (nSPS) is 18.7. The summed E-state index contributed by atoms with van der Waals surface area (Å²) in [6, 6.07) is 9.67. The van der Waals surface area contributed by atoms with Gasteiger partial charge in [-0.2, -0.15) is 0 Å². The van der Waals surface area contributed by atoms with E-state index in [1.165, 1.54) is 43.5 Å². The number of rotatable bonds is 7. The van der Waals surface area contributed by atoms with Gasteiger partial charge in [0, 0.05) is 12.1 Å². The number of imide groups is 1. The van der Waals surface area contributed by atoms with Gasteiger partial charge in [0.1, 0.15) is 11.4 Å². The lowest BCUT2D eigenvalue weighted by Crippen LogP contribution is -2.31. The summed E-state index contributed by atoms with van der Waals surface area (Å²) in [4.78, 5) is 62.0. The van der Waals surface area contributed by atoms with E-state index in [-0.39, 0.29) is 34.4 Å². The number of hydrogen-bond acceptors (Lipinski definition) is 8. The van der Waals surface area contributed by atoms with Gasteiger partial charge in [0.15, 0.2) is 6.61 Å². The van der Waals surface area contributed by atoms with Gasteiger partial charge in [-0.25, -0.2) is 4.79 Å². The van der Waals surface area contributed by atoms with Gasteiger partial charge in [0.25, 0.3) is 11.6 Å². The Morgan fingerprint density at radius 1 is 1.09 bits per heavy atom. The zero-order chi connectivity index (χ0) is 25.1. The molecule has 0 spiro atoms. The molecule has 35 heavy (non-hydrogen) atoms. The summed E-state index contributed by atoms with van der Waals surface area (Å²) in [5.74, 6) is -2.81. The molecule has 2 aliphatic rings. The topological polar surface area (TPSA) is 145 Å². The van der Waals surface area contributed by atoms with Crippen LogP contribution in [0.4, 0.5) is 17.1 Å². The van der Waals surface area contributed by atoms with Crippen LogP contribution >= 0.6 is 0 Å². The highest BCUT2D eigenvalue weighted by atomic mass is 16.6. The Bertz CT molecular complexity index is 1230. The molecule has 1 saturated heterocycles. The van der Waals surface area contributed by atoms with Crippen LogP contribution in [0.15, 0.2) is 54.6 Å². The van der Waals surface area contributed by atoms with Crippen LogP contribution < -0.4 is 15.0 Å². The number of carbonyl (C=O) groups is 4. The minimum Gasteiger partial charge on any atom is -0.497 e. The van der Waals surface area contributed by atoms with Gasteiger partial charge in [-0.05, 0) is 37.1 Å². The van der Waals surface area contributed by atoms with Crippen molar-refractivity contribution >= 4 is 40.8 Å². The van der Waals surface area contributed by atoms with Crippen LogP contribution in [0, 0.1) is 22.0 Å². The predicted molar refractivity (Wildman–Crippen MR) is 123 cm³/mol. The molecule has 3 amide bonds. The summed E-state index contributed by atoms with van der Waals surface area (Å²) in [6.45, 7) is -0.713. The van der Waals surface area contributed by atoms with Gasteiger partial charge in [0.05, 0.1) is 35.1 Å². The maximum Gasteiger partial charge on any atom is 0.338 e. The Labute approximate surface area is 199 Å². The number of esters is 1. The number of carbonyl (C=O) groups excluding carboxylic acids is 4. The number of allylic oxidation sites excluding steroid dienone is 2. The summed E-state index contributed by atoms with van der Waals surface area (Å²) < 4.78 is 10.0. The minimum absolute atomic E-state index is 0.0382. The first-order valence-electron chi connectivity index (χ1n) is 10.7. The number of benzene rings is 2. The lowest BCUT2D eigenvalue weighted by atomic mass is 9.85. The van der Waals surface area contributed by atoms with E-state index in [9.17, 15) is 29.3 Å². The zero-order valence-corrected chi connectivity index (χ0v) is 18.6. The number of ether oxygens (including phenoxy) is 2. The molecular weight excluding hydrogens is 458 g/mol. The third kappa shape index (κ3) is 4.74. The molecule has 2 aromatic rings. The van der Waals surface area contributed by atoms with Gasteiger partial charge in [-0.1, -0.05) is 18.2 Å². The second-order valence-corrected chi connectivity index (χ2v) is 7.98. The highest BCUT2D eigenvalue weighted by Crippen LogP contribution is 2.37. The van der Waals surface area contributed by atoms with Crippen molar-refractivity contribution in [2.24, 2.45) is 11.8 Å². The van der Waals surface area contributed by atoms with E-state index in [0.717, 1.165) is 4.90 Å². The third-order valence-electron chi connectivity index (χ3n) is 5.86. The van der Waals surface area contributed by atoms with Crippen LogP contribution in [0.25, 0.3) is 0 Å². The molecule has 11 nitrogen and oxygen atoms in total. The van der Waals surface area contributed by atoms with E-state index >= 15 is 0 Å². The molecule has 2 atom stereocenters. The number of nitrogens with zero attached hydrogens (tertiary/aromatic N) is 2. The first kappa shape index (κ1) is 23.6. The van der Waals surface area contributed by atoms with Crippen LogP contribution in [0.5, 0.6) is 5.75 Å². The average Bonchev–Trinajstić information content (AvgIpc) is 3.12. The third-order valence-corrected chi connectivity index (χ3v) is 5.86. The number of nitrogens with one attached hydrogen (secondary N) is 1. The maximum absolute atomic E-state index is 12.8. The quantitative estimate of drug-likeness (QED) is 0.210. The summed E-state index contributed by atoms with van der Waals surface area (Å²) >= 11 is 0. The fourth-order valence-corrected chi connectivity index (χ4v) is 4.13. The molecule has 0 bridgehead atoms. The number of fused-ring (bicyclic) bond motifs is 1. The fourth-order valence-electron chi connectivity index (χ4n) is 4.13. The van der Waals surface area contributed by atoms with Crippen LogP contribution in [0.3, 0.4) is 0 Å². The highest BCUT2D eigenvalue weighted by molar-refractivity contribution is 6.22. The molecule has 1 aliphatic heterocycles. The molecule has 1 fully saturated rings. The van der Waals surface area contributed by atoms with Gasteiger partial charge in [-0.3, -0.25) is 29.4 Å². The maximum atomic E-state index is 12.8. The largest absolute Gasteiger partial charge is 0.497 e. The number of amides is 3. The van der Waals surface area contributed by atoms with Gasteiger partial charge < -0.3 is 14.8 Å². The molecule has 180 valence electrons. The fraction of sp³-hybridized carbons (Fsp3) is 0.250. The number of anilines is 2. The summed E-state index contributed by atoms with van der Waals surface area (Å²) in [7, 11) is 1.37. The highest BCUT2D eigenvalue weighted by Gasteiger charge is 2.47. The van der Waals surface area contributed by atoms with Gasteiger partial charge in [-0.15, -0.1) is 0 Å². The molecule has 4 rings (SSSR count). The van der Waals surface area contributed by atoms with Gasteiger partial charge >= 0.3 is 5.97 Å². The number of methoxy groups -OCH3 is 1. The predicted octanol–water partition coefficient (Wildman–Crippen LogP) is 2.85. The summed E-state index contributed by atoms with van der Waals surface area (Å²) in [5.41, 5.74) is -0.176. The number of nitro benzene ring substituents is 1. The lowest BCUT2D eigenvalue weighted by molar-refractivity contribution is -0.383. The smallest absolute Gasteiger partial charge is 0.338 e. The zero-order valence-electron chi connectivity index (χ0n) is 18.6.